The number of nitrogens with one attached hydrogen (secondary N) is 1. The van der Waals surface area contributed by atoms with Crippen molar-refractivity contribution in [3.8, 4) is 0 Å². The van der Waals surface area contributed by atoms with Crippen LogP contribution in [0.1, 0.15) is 56.9 Å². The molecule has 1 aromatic heterocycles. The summed E-state index contributed by atoms with van der Waals surface area (Å²) in [6.07, 6.45) is 6.45. The van der Waals surface area contributed by atoms with Gasteiger partial charge in [0.25, 0.3) is 0 Å². The zero-order valence-corrected chi connectivity index (χ0v) is 10.8. The lowest BCUT2D eigenvalue weighted by molar-refractivity contribution is 0.480. The molecule has 86 valence electrons. The minimum Gasteiger partial charge on any atom is -0.309 e. The molecule has 1 rings (SSSR count). The molecule has 1 unspecified atom stereocenters. The number of thiophene rings is 1. The van der Waals surface area contributed by atoms with Crippen LogP contribution in [0.4, 0.5) is 0 Å². The Morgan fingerprint density at radius 3 is 2.67 bits per heavy atom. The van der Waals surface area contributed by atoms with Gasteiger partial charge >= 0.3 is 0 Å². The van der Waals surface area contributed by atoms with Crippen molar-refractivity contribution < 1.29 is 0 Å². The first-order chi connectivity index (χ1) is 7.38. The van der Waals surface area contributed by atoms with Crippen molar-refractivity contribution in [3.05, 3.63) is 22.4 Å². The Bertz CT molecular complexity index is 231. The summed E-state index contributed by atoms with van der Waals surface area (Å²) < 4.78 is 0. The van der Waals surface area contributed by atoms with Crippen LogP contribution in [0.25, 0.3) is 0 Å². The molecule has 1 atom stereocenters. The molecule has 1 aromatic rings. The molecule has 0 saturated carbocycles. The van der Waals surface area contributed by atoms with Crippen LogP contribution in [0.15, 0.2) is 17.5 Å². The van der Waals surface area contributed by atoms with E-state index in [0.29, 0.717) is 6.04 Å². The van der Waals surface area contributed by atoms with E-state index in [2.05, 4.69) is 36.7 Å². The molecule has 1 heterocycles. The average molecular weight is 225 g/mol. The molecule has 0 saturated heterocycles. The average Bonchev–Trinajstić information content (AvgIpc) is 2.76. The van der Waals surface area contributed by atoms with E-state index in [1.807, 2.05) is 11.3 Å². The van der Waals surface area contributed by atoms with Gasteiger partial charge in [0.1, 0.15) is 0 Å². The van der Waals surface area contributed by atoms with Crippen molar-refractivity contribution in [3.63, 3.8) is 0 Å². The third-order valence-electron chi connectivity index (χ3n) is 2.65. The summed E-state index contributed by atoms with van der Waals surface area (Å²) in [4.78, 5) is 1.50. The second kappa shape index (κ2) is 7.89. The minimum atomic E-state index is 0.594. The van der Waals surface area contributed by atoms with Crippen LogP contribution in [-0.2, 0) is 0 Å². The molecular weight excluding hydrogens is 202 g/mol. The summed E-state index contributed by atoms with van der Waals surface area (Å²) in [5.41, 5.74) is 0. The highest BCUT2D eigenvalue weighted by Gasteiger charge is 2.10. The molecule has 15 heavy (non-hydrogen) atoms. The van der Waals surface area contributed by atoms with Gasteiger partial charge < -0.3 is 5.32 Å². The Kier molecular flexibility index (Phi) is 6.69. The minimum absolute atomic E-state index is 0.594. The highest BCUT2D eigenvalue weighted by atomic mass is 32.1. The van der Waals surface area contributed by atoms with Crippen molar-refractivity contribution in [2.24, 2.45) is 0 Å². The Balaban J connectivity index is 2.39. The van der Waals surface area contributed by atoms with E-state index < -0.39 is 0 Å². The maximum atomic E-state index is 3.67. The lowest BCUT2D eigenvalue weighted by Gasteiger charge is -2.16. The first-order valence-electron chi connectivity index (χ1n) is 6.15. The highest BCUT2D eigenvalue weighted by Crippen LogP contribution is 2.23. The monoisotopic (exact) mass is 225 g/mol. The second-order valence-electron chi connectivity index (χ2n) is 4.02. The summed E-state index contributed by atoms with van der Waals surface area (Å²) in [7, 11) is 0. The van der Waals surface area contributed by atoms with Crippen LogP contribution in [0.2, 0.25) is 0 Å². The Morgan fingerprint density at radius 1 is 1.27 bits per heavy atom. The highest BCUT2D eigenvalue weighted by molar-refractivity contribution is 7.10. The predicted octanol–water partition coefficient (Wildman–Crippen LogP) is 4.37. The molecule has 0 aliphatic carbocycles. The van der Waals surface area contributed by atoms with E-state index in [4.69, 9.17) is 0 Å². The SMILES string of the molecule is CCCCNC(CCCC)c1cccs1. The molecule has 0 radical (unpaired) electrons. The molecule has 0 bridgehead atoms. The van der Waals surface area contributed by atoms with Gasteiger partial charge in [0, 0.05) is 10.9 Å². The Hall–Kier alpha value is -0.340. The second-order valence-corrected chi connectivity index (χ2v) is 5.00. The van der Waals surface area contributed by atoms with E-state index >= 15 is 0 Å². The van der Waals surface area contributed by atoms with E-state index in [-0.39, 0.29) is 0 Å². The number of hydrogen-bond acceptors (Lipinski definition) is 2. The third kappa shape index (κ3) is 4.80. The summed E-state index contributed by atoms with van der Waals surface area (Å²) in [6, 6.07) is 5.00. The van der Waals surface area contributed by atoms with E-state index in [0.717, 1.165) is 6.54 Å². The van der Waals surface area contributed by atoms with Gasteiger partial charge in [0.15, 0.2) is 0 Å². The maximum Gasteiger partial charge on any atom is 0.0414 e. The van der Waals surface area contributed by atoms with E-state index in [1.54, 1.807) is 0 Å². The molecule has 1 N–H and O–H groups in total. The molecule has 1 nitrogen and oxygen atoms in total. The van der Waals surface area contributed by atoms with Crippen LogP contribution in [-0.4, -0.2) is 6.54 Å². The molecule has 0 spiro atoms. The Labute approximate surface area is 97.9 Å². The van der Waals surface area contributed by atoms with Crippen LogP contribution in [0.5, 0.6) is 0 Å². The molecule has 0 aliphatic heterocycles. The van der Waals surface area contributed by atoms with Crippen LogP contribution in [0, 0.1) is 0 Å². The van der Waals surface area contributed by atoms with Gasteiger partial charge in [-0.05, 0) is 30.8 Å². The molecule has 0 fully saturated rings. The van der Waals surface area contributed by atoms with Gasteiger partial charge in [0.05, 0.1) is 0 Å². The first kappa shape index (κ1) is 12.7. The summed E-state index contributed by atoms with van der Waals surface area (Å²) in [5.74, 6) is 0. The Morgan fingerprint density at radius 2 is 2.07 bits per heavy atom. The molecular formula is C13H23NS. The van der Waals surface area contributed by atoms with Crippen LogP contribution < -0.4 is 5.32 Å². The fourth-order valence-electron chi connectivity index (χ4n) is 1.70. The quantitative estimate of drug-likeness (QED) is 0.648. The summed E-state index contributed by atoms with van der Waals surface area (Å²) in [5, 5.41) is 5.84. The summed E-state index contributed by atoms with van der Waals surface area (Å²) in [6.45, 7) is 5.66. The number of hydrogen-bond donors (Lipinski definition) is 1. The topological polar surface area (TPSA) is 12.0 Å². The van der Waals surface area contributed by atoms with E-state index in [9.17, 15) is 0 Å². The zero-order valence-electron chi connectivity index (χ0n) is 9.96. The van der Waals surface area contributed by atoms with Gasteiger partial charge in [-0.3, -0.25) is 0 Å². The number of rotatable bonds is 8. The van der Waals surface area contributed by atoms with Gasteiger partial charge in [-0.2, -0.15) is 0 Å². The molecule has 0 aliphatic rings. The smallest absolute Gasteiger partial charge is 0.0414 e. The van der Waals surface area contributed by atoms with Crippen molar-refractivity contribution in [2.75, 3.05) is 6.54 Å². The summed E-state index contributed by atoms with van der Waals surface area (Å²) >= 11 is 1.88. The molecule has 2 heteroatoms. The van der Waals surface area contributed by atoms with Crippen LogP contribution in [0.3, 0.4) is 0 Å². The largest absolute Gasteiger partial charge is 0.309 e. The van der Waals surface area contributed by atoms with Gasteiger partial charge in [-0.15, -0.1) is 11.3 Å². The lowest BCUT2D eigenvalue weighted by Crippen LogP contribution is -2.21. The fourth-order valence-corrected chi connectivity index (χ4v) is 2.53. The maximum absolute atomic E-state index is 3.67. The van der Waals surface area contributed by atoms with Gasteiger partial charge in [-0.1, -0.05) is 39.2 Å². The standard InChI is InChI=1S/C13H23NS/c1-3-5-8-12(14-10-6-4-2)13-9-7-11-15-13/h7,9,11-12,14H,3-6,8,10H2,1-2H3. The molecule has 0 amide bonds. The van der Waals surface area contributed by atoms with Crippen molar-refractivity contribution in [1.82, 2.24) is 5.32 Å². The van der Waals surface area contributed by atoms with Crippen molar-refractivity contribution in [1.29, 1.82) is 0 Å². The normalized spacial score (nSPS) is 12.9. The van der Waals surface area contributed by atoms with Crippen LogP contribution >= 0.6 is 11.3 Å². The van der Waals surface area contributed by atoms with Crippen molar-refractivity contribution in [2.45, 2.75) is 52.0 Å². The first-order valence-corrected chi connectivity index (χ1v) is 7.03. The predicted molar refractivity (Wildman–Crippen MR) is 69.5 cm³/mol. The van der Waals surface area contributed by atoms with Gasteiger partial charge in [-0.25, -0.2) is 0 Å². The molecule has 0 aromatic carbocycles. The number of unbranched alkanes of at least 4 members (excludes halogenated alkanes) is 2. The van der Waals surface area contributed by atoms with Crippen molar-refractivity contribution >= 4 is 11.3 Å². The zero-order chi connectivity index (χ0) is 10.9. The van der Waals surface area contributed by atoms with E-state index in [1.165, 1.54) is 37.0 Å². The fraction of sp³-hybridized carbons (Fsp3) is 0.692. The third-order valence-corrected chi connectivity index (χ3v) is 3.64. The lowest BCUT2D eigenvalue weighted by atomic mass is 10.1. The van der Waals surface area contributed by atoms with Gasteiger partial charge in [0.2, 0.25) is 0 Å².